The van der Waals surface area contributed by atoms with Crippen LogP contribution in [0.2, 0.25) is 0 Å². The number of nitrogens with one attached hydrogen (secondary N) is 1. The van der Waals surface area contributed by atoms with Gasteiger partial charge in [0.15, 0.2) is 0 Å². The average Bonchev–Trinajstić information content (AvgIpc) is 2.83. The van der Waals surface area contributed by atoms with Crippen LogP contribution in [0.3, 0.4) is 0 Å². The lowest BCUT2D eigenvalue weighted by atomic mass is 10.1. The van der Waals surface area contributed by atoms with E-state index >= 15 is 0 Å². The molecule has 0 aliphatic carbocycles. The molecule has 1 atom stereocenters. The summed E-state index contributed by atoms with van der Waals surface area (Å²) < 4.78 is 7.17. The maximum absolute atomic E-state index is 10.2. The van der Waals surface area contributed by atoms with Crippen LogP contribution in [-0.4, -0.2) is 28.5 Å². The first-order chi connectivity index (χ1) is 10.6. The van der Waals surface area contributed by atoms with Crippen molar-refractivity contribution in [2.75, 3.05) is 13.7 Å². The molecule has 2 aromatic rings. The van der Waals surface area contributed by atoms with Gasteiger partial charge in [0.05, 0.1) is 24.5 Å². The highest BCUT2D eigenvalue weighted by atomic mass is 16.5. The van der Waals surface area contributed by atoms with Crippen molar-refractivity contribution in [1.82, 2.24) is 15.1 Å². The molecule has 0 aliphatic rings. The first-order valence-corrected chi connectivity index (χ1v) is 7.60. The Labute approximate surface area is 131 Å². The Bertz CT molecular complexity index is 605. The third-order valence-corrected chi connectivity index (χ3v) is 3.80. The highest BCUT2D eigenvalue weighted by Gasteiger charge is 2.16. The Hall–Kier alpha value is -1.85. The van der Waals surface area contributed by atoms with Gasteiger partial charge < -0.3 is 15.2 Å². The topological polar surface area (TPSA) is 59.3 Å². The molecular formula is C17H25N3O2. The van der Waals surface area contributed by atoms with Crippen molar-refractivity contribution in [3.8, 4) is 5.88 Å². The largest absolute Gasteiger partial charge is 0.481 e. The van der Waals surface area contributed by atoms with Crippen molar-refractivity contribution in [1.29, 1.82) is 0 Å². The maximum Gasteiger partial charge on any atom is 0.216 e. The summed E-state index contributed by atoms with van der Waals surface area (Å²) in [5.41, 5.74) is 4.20. The van der Waals surface area contributed by atoms with Gasteiger partial charge in [-0.25, -0.2) is 4.68 Å². The van der Waals surface area contributed by atoms with Gasteiger partial charge >= 0.3 is 0 Å². The first-order valence-electron chi connectivity index (χ1n) is 7.60. The minimum absolute atomic E-state index is 0.490. The zero-order chi connectivity index (χ0) is 16.1. The molecule has 0 bridgehead atoms. The lowest BCUT2D eigenvalue weighted by Gasteiger charge is -2.13. The molecule has 1 aromatic heterocycles. The van der Waals surface area contributed by atoms with E-state index in [0.29, 0.717) is 13.1 Å². The second-order valence-electron chi connectivity index (χ2n) is 5.47. The van der Waals surface area contributed by atoms with Crippen molar-refractivity contribution < 1.29 is 9.84 Å². The van der Waals surface area contributed by atoms with Gasteiger partial charge in [0.1, 0.15) is 0 Å². The SMILES string of the molecule is CCc1nn(C)c(OC)c1CNCC(O)c1ccc(C)cc1. The molecule has 2 N–H and O–H groups in total. The molecule has 1 aromatic carbocycles. The Balaban J connectivity index is 1.97. The summed E-state index contributed by atoms with van der Waals surface area (Å²) in [5.74, 6) is 0.772. The quantitative estimate of drug-likeness (QED) is 0.822. The third-order valence-electron chi connectivity index (χ3n) is 3.80. The van der Waals surface area contributed by atoms with Crippen LogP contribution in [-0.2, 0) is 20.0 Å². The van der Waals surface area contributed by atoms with Crippen molar-refractivity contribution in [3.63, 3.8) is 0 Å². The molecule has 0 saturated heterocycles. The normalized spacial score (nSPS) is 12.4. The highest BCUT2D eigenvalue weighted by Crippen LogP contribution is 2.22. The fourth-order valence-electron chi connectivity index (χ4n) is 2.56. The zero-order valence-electron chi connectivity index (χ0n) is 13.8. The van der Waals surface area contributed by atoms with Crippen LogP contribution in [0.5, 0.6) is 5.88 Å². The van der Waals surface area contributed by atoms with Crippen LogP contribution >= 0.6 is 0 Å². The molecule has 0 amide bonds. The van der Waals surface area contributed by atoms with Crippen LogP contribution in [0.4, 0.5) is 0 Å². The van der Waals surface area contributed by atoms with Gasteiger partial charge in [0.2, 0.25) is 5.88 Å². The second kappa shape index (κ2) is 7.42. The van der Waals surface area contributed by atoms with Crippen LogP contribution in [0.25, 0.3) is 0 Å². The molecule has 0 fully saturated rings. The Morgan fingerprint density at radius 1 is 1.32 bits per heavy atom. The summed E-state index contributed by atoms with van der Waals surface area (Å²) in [6.07, 6.45) is 0.336. The molecule has 0 saturated carbocycles. The van der Waals surface area contributed by atoms with E-state index in [1.807, 2.05) is 38.2 Å². The van der Waals surface area contributed by atoms with Crippen LogP contribution < -0.4 is 10.1 Å². The first kappa shape index (κ1) is 16.5. The van der Waals surface area contributed by atoms with Gasteiger partial charge in [-0.15, -0.1) is 0 Å². The molecule has 1 unspecified atom stereocenters. The molecule has 22 heavy (non-hydrogen) atoms. The summed E-state index contributed by atoms with van der Waals surface area (Å²) in [4.78, 5) is 0. The molecule has 5 heteroatoms. The van der Waals surface area contributed by atoms with Crippen LogP contribution in [0.15, 0.2) is 24.3 Å². The summed E-state index contributed by atoms with van der Waals surface area (Å²) in [6, 6.07) is 7.95. The molecule has 0 spiro atoms. The predicted octanol–water partition coefficient (Wildman–Crippen LogP) is 2.12. The van der Waals surface area contributed by atoms with Gasteiger partial charge in [-0.2, -0.15) is 5.10 Å². The monoisotopic (exact) mass is 303 g/mol. The van der Waals surface area contributed by atoms with E-state index in [1.54, 1.807) is 11.8 Å². The lowest BCUT2D eigenvalue weighted by molar-refractivity contribution is 0.174. The number of benzene rings is 1. The van der Waals surface area contributed by atoms with Crippen molar-refractivity contribution in [3.05, 3.63) is 46.6 Å². The number of aromatic nitrogens is 2. The molecule has 1 heterocycles. The van der Waals surface area contributed by atoms with E-state index in [2.05, 4.69) is 17.3 Å². The number of aliphatic hydroxyl groups excluding tert-OH is 1. The Morgan fingerprint density at radius 2 is 2.00 bits per heavy atom. The minimum Gasteiger partial charge on any atom is -0.481 e. The fourth-order valence-corrected chi connectivity index (χ4v) is 2.56. The number of ether oxygens (including phenoxy) is 1. The number of rotatable bonds is 7. The van der Waals surface area contributed by atoms with Crippen molar-refractivity contribution in [2.45, 2.75) is 32.9 Å². The number of hydrogen-bond donors (Lipinski definition) is 2. The van der Waals surface area contributed by atoms with Gasteiger partial charge in [0.25, 0.3) is 0 Å². The van der Waals surface area contributed by atoms with E-state index in [0.717, 1.165) is 29.1 Å². The molecular weight excluding hydrogens is 278 g/mol. The van der Waals surface area contributed by atoms with E-state index < -0.39 is 6.10 Å². The fraction of sp³-hybridized carbons (Fsp3) is 0.471. The number of aliphatic hydroxyl groups is 1. The van der Waals surface area contributed by atoms with Gasteiger partial charge in [-0.1, -0.05) is 36.8 Å². The van der Waals surface area contributed by atoms with E-state index in [-0.39, 0.29) is 0 Å². The number of methoxy groups -OCH3 is 1. The minimum atomic E-state index is -0.520. The Kier molecular flexibility index (Phi) is 5.57. The van der Waals surface area contributed by atoms with Gasteiger partial charge in [0, 0.05) is 20.1 Å². The Morgan fingerprint density at radius 3 is 2.59 bits per heavy atom. The van der Waals surface area contributed by atoms with E-state index in [4.69, 9.17) is 4.74 Å². The molecule has 0 radical (unpaired) electrons. The maximum atomic E-state index is 10.2. The van der Waals surface area contributed by atoms with E-state index in [9.17, 15) is 5.11 Å². The summed E-state index contributed by atoms with van der Waals surface area (Å²) in [6.45, 7) is 5.23. The smallest absolute Gasteiger partial charge is 0.216 e. The lowest BCUT2D eigenvalue weighted by Crippen LogP contribution is -2.21. The average molecular weight is 303 g/mol. The molecule has 2 rings (SSSR count). The van der Waals surface area contributed by atoms with Crippen molar-refractivity contribution >= 4 is 0 Å². The highest BCUT2D eigenvalue weighted by molar-refractivity contribution is 5.31. The molecule has 120 valence electrons. The van der Waals surface area contributed by atoms with Crippen LogP contribution in [0.1, 0.15) is 35.4 Å². The number of hydrogen-bond acceptors (Lipinski definition) is 4. The molecule has 5 nitrogen and oxygen atoms in total. The van der Waals surface area contributed by atoms with Crippen molar-refractivity contribution in [2.24, 2.45) is 7.05 Å². The van der Waals surface area contributed by atoms with Gasteiger partial charge in [-0.3, -0.25) is 0 Å². The summed E-state index contributed by atoms with van der Waals surface area (Å²) in [5, 5.41) is 18.0. The number of nitrogens with zero attached hydrogens (tertiary/aromatic N) is 2. The standard InChI is InChI=1S/C17H25N3O2/c1-5-15-14(17(22-4)20(3)19-15)10-18-11-16(21)13-8-6-12(2)7-9-13/h6-9,16,18,21H,5,10-11H2,1-4H3. The zero-order valence-corrected chi connectivity index (χ0v) is 13.8. The summed E-state index contributed by atoms with van der Waals surface area (Å²) in [7, 11) is 3.53. The third kappa shape index (κ3) is 3.67. The second-order valence-corrected chi connectivity index (χ2v) is 5.47. The van der Waals surface area contributed by atoms with Crippen LogP contribution in [0, 0.1) is 6.92 Å². The predicted molar refractivity (Wildman–Crippen MR) is 87.0 cm³/mol. The number of aryl methyl sites for hydroxylation is 3. The van der Waals surface area contributed by atoms with E-state index in [1.165, 1.54) is 5.56 Å². The summed E-state index contributed by atoms with van der Waals surface area (Å²) >= 11 is 0. The van der Waals surface area contributed by atoms with Gasteiger partial charge in [-0.05, 0) is 18.9 Å². The molecule has 0 aliphatic heterocycles.